The molecule has 5 unspecified atom stereocenters. The third-order valence-corrected chi connectivity index (χ3v) is 6.18. The van der Waals surface area contributed by atoms with Gasteiger partial charge in [0.05, 0.1) is 11.2 Å². The Kier molecular flexibility index (Phi) is 4.78. The molecule has 0 saturated heterocycles. The topological polar surface area (TPSA) is 124 Å². The van der Waals surface area contributed by atoms with Gasteiger partial charge in [-0.05, 0) is 58.3 Å². The van der Waals surface area contributed by atoms with E-state index in [2.05, 4.69) is 4.74 Å². The third-order valence-electron chi connectivity index (χ3n) is 5.39. The Labute approximate surface area is 145 Å². The monoisotopic (exact) mass is 385 g/mol. The first-order chi connectivity index (χ1) is 11.0. The van der Waals surface area contributed by atoms with Crippen molar-refractivity contribution in [3.8, 4) is 0 Å². The van der Waals surface area contributed by atoms with Gasteiger partial charge in [-0.15, -0.1) is 0 Å². The third kappa shape index (κ3) is 3.54. The highest BCUT2D eigenvalue weighted by molar-refractivity contribution is 7.87. The van der Waals surface area contributed by atoms with Crippen molar-refractivity contribution in [1.29, 1.82) is 0 Å². The second-order valence-corrected chi connectivity index (χ2v) is 9.59. The average Bonchev–Trinajstić information content (AvgIpc) is 2.92. The number of carbonyl (C=O) groups is 1. The van der Waals surface area contributed by atoms with E-state index in [4.69, 9.17) is 0 Å². The average molecular weight is 385 g/mol. The molecule has 2 N–H and O–H groups in total. The molecule has 0 aromatic rings. The molecule has 2 saturated carbocycles. The molecule has 25 heavy (non-hydrogen) atoms. The summed E-state index contributed by atoms with van der Waals surface area (Å²) >= 11 is 0. The van der Waals surface area contributed by atoms with Gasteiger partial charge >= 0.3 is 11.2 Å². The van der Waals surface area contributed by atoms with Gasteiger partial charge in [0.25, 0.3) is 0 Å². The molecule has 2 aliphatic carbocycles. The van der Waals surface area contributed by atoms with Crippen LogP contribution in [-0.4, -0.2) is 51.7 Å². The first-order valence-electron chi connectivity index (χ1n) is 7.97. The van der Waals surface area contributed by atoms with Crippen molar-refractivity contribution in [2.45, 2.75) is 63.1 Å². The van der Waals surface area contributed by atoms with Crippen LogP contribution in [0, 0.1) is 23.7 Å². The van der Waals surface area contributed by atoms with E-state index in [0.29, 0.717) is 6.42 Å². The number of fused-ring (bicyclic) bond motifs is 2. The van der Waals surface area contributed by atoms with Crippen molar-refractivity contribution < 1.29 is 41.5 Å². The number of carbonyl (C=O) groups excluding carboxylic acids is 1. The smallest absolute Gasteiger partial charge is 0.428 e. The number of alkyl halides is 2. The second kappa shape index (κ2) is 5.83. The lowest BCUT2D eigenvalue weighted by molar-refractivity contribution is -0.179. The summed E-state index contributed by atoms with van der Waals surface area (Å²) in [5, 5.41) is 15.7. The Morgan fingerprint density at radius 2 is 1.56 bits per heavy atom. The lowest BCUT2D eigenvalue weighted by Gasteiger charge is -2.46. The predicted octanol–water partition coefficient (Wildman–Crippen LogP) is 0.850. The fourth-order valence-electron chi connectivity index (χ4n) is 4.72. The maximum absolute atomic E-state index is 13.4. The number of halogens is 2. The summed E-state index contributed by atoms with van der Waals surface area (Å²) in [6, 6.07) is 0. The van der Waals surface area contributed by atoms with Crippen LogP contribution in [0.5, 0.6) is 0 Å². The molecule has 0 aromatic carbocycles. The van der Waals surface area contributed by atoms with Crippen LogP contribution in [0.1, 0.15) is 40.5 Å². The molecule has 5 atom stereocenters. The second-order valence-electron chi connectivity index (χ2n) is 8.17. The van der Waals surface area contributed by atoms with Gasteiger partial charge in [-0.3, -0.25) is 0 Å². The maximum Gasteiger partial charge on any atom is 0.428 e. The lowest BCUT2D eigenvalue weighted by atomic mass is 9.65. The molecule has 10 heteroatoms. The van der Waals surface area contributed by atoms with Gasteiger partial charge in [0.1, 0.15) is 6.10 Å². The van der Waals surface area contributed by atoms with Crippen molar-refractivity contribution in [3.63, 3.8) is 0 Å². The van der Waals surface area contributed by atoms with E-state index >= 15 is 0 Å². The van der Waals surface area contributed by atoms with Gasteiger partial charge in [-0.1, -0.05) is 0 Å². The molecule has 146 valence electrons. The fraction of sp³-hybridized carbons (Fsp3) is 0.933. The first-order valence-corrected chi connectivity index (χ1v) is 9.38. The summed E-state index contributed by atoms with van der Waals surface area (Å²) in [6.45, 7) is 6.23. The van der Waals surface area contributed by atoms with Gasteiger partial charge in [-0.2, -0.15) is 8.78 Å². The minimum absolute atomic E-state index is 0.159. The zero-order chi connectivity index (χ0) is 19.6. The van der Waals surface area contributed by atoms with E-state index in [0.717, 1.165) is 0 Å². The number of aliphatic hydroxyl groups is 2. The molecule has 2 aliphatic rings. The van der Waals surface area contributed by atoms with E-state index in [-0.39, 0.29) is 18.3 Å². The summed E-state index contributed by atoms with van der Waals surface area (Å²) in [7, 11) is -6.18. The summed E-state index contributed by atoms with van der Waals surface area (Å²) in [5.41, 5.74) is -2.41. The van der Waals surface area contributed by atoms with Crippen LogP contribution in [-0.2, 0) is 19.6 Å². The standard InChI is InChI=1S/C15H24F2O7S/c1-13(2,19)10-7-5-8(11(10)14(3,4)20)9(6-7)24-12(18)15(16,17)25(21,22)23/h7-11,19-20H,5-6H2,1-4H3,(H,21,22,23)/p-1. The van der Waals surface area contributed by atoms with Crippen LogP contribution in [0.3, 0.4) is 0 Å². The Balaban J connectivity index is 2.25. The van der Waals surface area contributed by atoms with Crippen molar-refractivity contribution in [3.05, 3.63) is 0 Å². The van der Waals surface area contributed by atoms with Gasteiger partial charge in [0.15, 0.2) is 10.1 Å². The predicted molar refractivity (Wildman–Crippen MR) is 80.3 cm³/mol. The Bertz CT molecular complexity index is 648. The number of rotatable bonds is 5. The van der Waals surface area contributed by atoms with E-state index in [9.17, 15) is 36.8 Å². The number of hydrogen-bond donors (Lipinski definition) is 2. The molecular weight excluding hydrogens is 362 g/mol. The van der Waals surface area contributed by atoms with Crippen LogP contribution in [0.25, 0.3) is 0 Å². The zero-order valence-electron chi connectivity index (χ0n) is 14.4. The zero-order valence-corrected chi connectivity index (χ0v) is 15.2. The number of esters is 1. The van der Waals surface area contributed by atoms with Crippen LogP contribution < -0.4 is 0 Å². The number of hydrogen-bond acceptors (Lipinski definition) is 7. The quantitative estimate of drug-likeness (QED) is 0.531. The van der Waals surface area contributed by atoms with Gasteiger partial charge in [-0.25, -0.2) is 13.2 Å². The van der Waals surface area contributed by atoms with Crippen LogP contribution in [0.15, 0.2) is 0 Å². The van der Waals surface area contributed by atoms with Crippen molar-refractivity contribution in [2.75, 3.05) is 0 Å². The van der Waals surface area contributed by atoms with E-state index in [1.54, 1.807) is 13.8 Å². The van der Waals surface area contributed by atoms with Crippen molar-refractivity contribution >= 4 is 16.1 Å². The summed E-state index contributed by atoms with van der Waals surface area (Å²) in [5.74, 6) is -3.97. The van der Waals surface area contributed by atoms with Crippen molar-refractivity contribution in [2.24, 2.45) is 23.7 Å². The molecule has 0 spiro atoms. The van der Waals surface area contributed by atoms with Gasteiger partial charge < -0.3 is 19.5 Å². The van der Waals surface area contributed by atoms with Crippen molar-refractivity contribution in [1.82, 2.24) is 0 Å². The molecule has 0 aliphatic heterocycles. The highest BCUT2D eigenvalue weighted by Gasteiger charge is 2.62. The largest absolute Gasteiger partial charge is 0.743 e. The highest BCUT2D eigenvalue weighted by atomic mass is 32.2. The summed E-state index contributed by atoms with van der Waals surface area (Å²) < 4.78 is 63.0. The molecule has 2 rings (SSSR count). The lowest BCUT2D eigenvalue weighted by Crippen LogP contribution is -2.52. The maximum atomic E-state index is 13.4. The number of ether oxygens (including phenoxy) is 1. The Morgan fingerprint density at radius 3 is 1.96 bits per heavy atom. The normalized spacial score (nSPS) is 33.6. The molecule has 0 amide bonds. The Hall–Kier alpha value is -0.840. The SMILES string of the molecule is CC(C)(O)C1C2CC(OC(=O)C(F)(F)S(=O)(=O)[O-])C(C2)C1C(C)(C)O. The first kappa shape index (κ1) is 20.5. The highest BCUT2D eigenvalue weighted by Crippen LogP contribution is 2.59. The van der Waals surface area contributed by atoms with Crippen LogP contribution in [0.4, 0.5) is 8.78 Å². The molecule has 0 radical (unpaired) electrons. The van der Waals surface area contributed by atoms with E-state index < -0.39 is 50.5 Å². The summed E-state index contributed by atoms with van der Waals surface area (Å²) in [6.07, 6.45) is -0.441. The van der Waals surface area contributed by atoms with Gasteiger partial charge in [0, 0.05) is 5.92 Å². The fourth-order valence-corrected chi connectivity index (χ4v) is 4.98. The van der Waals surface area contributed by atoms with Gasteiger partial charge in [0.2, 0.25) is 0 Å². The molecular formula is C15H23F2O7S-. The molecule has 0 heterocycles. The minimum Gasteiger partial charge on any atom is -0.743 e. The van der Waals surface area contributed by atoms with E-state index in [1.165, 1.54) is 13.8 Å². The molecule has 2 fully saturated rings. The minimum atomic E-state index is -6.18. The molecule has 7 nitrogen and oxygen atoms in total. The molecule has 2 bridgehead atoms. The van der Waals surface area contributed by atoms with Crippen LogP contribution >= 0.6 is 0 Å². The summed E-state index contributed by atoms with van der Waals surface area (Å²) in [4.78, 5) is 11.5. The van der Waals surface area contributed by atoms with E-state index in [1.807, 2.05) is 0 Å². The van der Waals surface area contributed by atoms with Crippen LogP contribution in [0.2, 0.25) is 0 Å². The molecule has 0 aromatic heterocycles. The Morgan fingerprint density at radius 1 is 1.08 bits per heavy atom.